The number of sulfonamides is 1. The average molecular weight is 298 g/mol. The third kappa shape index (κ3) is 2.87. The van der Waals surface area contributed by atoms with Crippen molar-refractivity contribution in [1.82, 2.24) is 9.62 Å². The Labute approximate surface area is 116 Å². The molecule has 2 N–H and O–H groups in total. The third-order valence-corrected chi connectivity index (χ3v) is 4.72. The monoisotopic (exact) mass is 298 g/mol. The lowest BCUT2D eigenvalue weighted by molar-refractivity contribution is -0.134. The number of aliphatic hydroxyl groups is 1. The van der Waals surface area contributed by atoms with Gasteiger partial charge in [-0.3, -0.25) is 14.9 Å². The summed E-state index contributed by atoms with van der Waals surface area (Å²) < 4.78 is 25.4. The van der Waals surface area contributed by atoms with Gasteiger partial charge in [0.2, 0.25) is 21.8 Å². The highest BCUT2D eigenvalue weighted by Crippen LogP contribution is 2.19. The lowest BCUT2D eigenvalue weighted by Gasteiger charge is -2.24. The van der Waals surface area contributed by atoms with Crippen molar-refractivity contribution < 1.29 is 23.1 Å². The molecule has 7 nitrogen and oxygen atoms in total. The number of amides is 2. The predicted octanol–water partition coefficient (Wildman–Crippen LogP) is -0.613. The highest BCUT2D eigenvalue weighted by atomic mass is 32.2. The zero-order valence-corrected chi connectivity index (χ0v) is 11.6. The smallest absolute Gasteiger partial charge is 0.244 e. The SMILES string of the molecule is CC(O)c1ccc(S(=O)(=O)N2CC(=O)NC(=O)C2)cc1. The maximum Gasteiger partial charge on any atom is 0.244 e. The van der Waals surface area contributed by atoms with Gasteiger partial charge in [-0.15, -0.1) is 0 Å². The summed E-state index contributed by atoms with van der Waals surface area (Å²) in [4.78, 5) is 22.4. The van der Waals surface area contributed by atoms with Gasteiger partial charge in [0, 0.05) is 0 Å². The molecule has 0 aliphatic carbocycles. The number of carbonyl (C=O) groups is 2. The topological polar surface area (TPSA) is 104 Å². The molecule has 0 aromatic heterocycles. The third-order valence-electron chi connectivity index (χ3n) is 2.92. The first-order valence-electron chi connectivity index (χ1n) is 5.91. The van der Waals surface area contributed by atoms with E-state index in [-0.39, 0.29) is 18.0 Å². The molecule has 108 valence electrons. The number of benzene rings is 1. The number of nitrogens with one attached hydrogen (secondary N) is 1. The molecule has 1 aromatic rings. The highest BCUT2D eigenvalue weighted by Gasteiger charge is 2.32. The molecular formula is C12H14N2O5S. The molecular weight excluding hydrogens is 284 g/mol. The zero-order chi connectivity index (χ0) is 14.9. The minimum atomic E-state index is -3.90. The summed E-state index contributed by atoms with van der Waals surface area (Å²) in [6, 6.07) is 5.66. The Kier molecular flexibility index (Phi) is 3.89. The van der Waals surface area contributed by atoms with E-state index in [0.717, 1.165) is 4.31 Å². The van der Waals surface area contributed by atoms with E-state index in [2.05, 4.69) is 0 Å². The van der Waals surface area contributed by atoms with Crippen LogP contribution in [0.1, 0.15) is 18.6 Å². The lowest BCUT2D eigenvalue weighted by atomic mass is 10.1. The van der Waals surface area contributed by atoms with Gasteiger partial charge in [-0.2, -0.15) is 4.31 Å². The molecule has 1 atom stereocenters. The van der Waals surface area contributed by atoms with E-state index >= 15 is 0 Å². The highest BCUT2D eigenvalue weighted by molar-refractivity contribution is 7.89. The van der Waals surface area contributed by atoms with Crippen molar-refractivity contribution in [2.45, 2.75) is 17.9 Å². The van der Waals surface area contributed by atoms with Gasteiger partial charge < -0.3 is 5.11 Å². The molecule has 1 saturated heterocycles. The maximum atomic E-state index is 12.3. The molecule has 1 aliphatic heterocycles. The summed E-state index contributed by atoms with van der Waals surface area (Å²) in [5.41, 5.74) is 0.580. The average Bonchev–Trinajstić information content (AvgIpc) is 2.37. The van der Waals surface area contributed by atoms with E-state index in [9.17, 15) is 23.1 Å². The second kappa shape index (κ2) is 5.31. The molecule has 20 heavy (non-hydrogen) atoms. The molecule has 1 aromatic carbocycles. The van der Waals surface area contributed by atoms with Crippen LogP contribution in [0.25, 0.3) is 0 Å². The van der Waals surface area contributed by atoms with Crippen LogP contribution in [0.15, 0.2) is 29.2 Å². The van der Waals surface area contributed by atoms with Crippen LogP contribution in [-0.4, -0.2) is 42.7 Å². The summed E-state index contributed by atoms with van der Waals surface area (Å²) in [5.74, 6) is -1.30. The Bertz CT molecular complexity index is 620. The Balaban J connectivity index is 2.30. The standard InChI is InChI=1S/C12H14N2O5S/c1-8(15)9-2-4-10(5-3-9)20(18,19)14-6-11(16)13-12(17)7-14/h2-5,8,15H,6-7H2,1H3,(H,13,16,17). The summed E-state index contributed by atoms with van der Waals surface area (Å²) in [7, 11) is -3.90. The van der Waals surface area contributed by atoms with Crippen molar-refractivity contribution in [3.8, 4) is 0 Å². The van der Waals surface area contributed by atoms with E-state index in [1.165, 1.54) is 24.3 Å². The predicted molar refractivity (Wildman–Crippen MR) is 69.0 cm³/mol. The van der Waals surface area contributed by atoms with Gasteiger partial charge in [-0.25, -0.2) is 8.42 Å². The quantitative estimate of drug-likeness (QED) is 0.724. The largest absolute Gasteiger partial charge is 0.389 e. The Hall–Kier alpha value is -1.77. The van der Waals surface area contributed by atoms with Crippen molar-refractivity contribution in [2.24, 2.45) is 0 Å². The Morgan fingerprint density at radius 2 is 1.65 bits per heavy atom. The number of aliphatic hydroxyl groups excluding tert-OH is 1. The fourth-order valence-corrected chi connectivity index (χ4v) is 3.20. The van der Waals surface area contributed by atoms with E-state index in [0.29, 0.717) is 5.56 Å². The van der Waals surface area contributed by atoms with Crippen LogP contribution >= 0.6 is 0 Å². The molecule has 1 aliphatic rings. The number of imide groups is 1. The van der Waals surface area contributed by atoms with E-state index in [4.69, 9.17) is 0 Å². The number of carbonyl (C=O) groups excluding carboxylic acids is 2. The van der Waals surface area contributed by atoms with E-state index in [1.807, 2.05) is 5.32 Å². The van der Waals surface area contributed by atoms with Gasteiger partial charge in [0.15, 0.2) is 0 Å². The number of rotatable bonds is 3. The van der Waals surface area contributed by atoms with Crippen molar-refractivity contribution in [3.63, 3.8) is 0 Å². The molecule has 0 saturated carbocycles. The minimum Gasteiger partial charge on any atom is -0.389 e. The molecule has 1 heterocycles. The summed E-state index contributed by atoms with van der Waals surface area (Å²) in [5, 5.41) is 11.4. The van der Waals surface area contributed by atoms with Gasteiger partial charge in [0.05, 0.1) is 24.1 Å². The van der Waals surface area contributed by atoms with E-state index < -0.39 is 27.9 Å². The Morgan fingerprint density at radius 3 is 2.10 bits per heavy atom. The summed E-state index contributed by atoms with van der Waals surface area (Å²) in [6.07, 6.45) is -0.700. The lowest BCUT2D eigenvalue weighted by Crippen LogP contribution is -2.53. The van der Waals surface area contributed by atoms with Crippen molar-refractivity contribution in [3.05, 3.63) is 29.8 Å². The van der Waals surface area contributed by atoms with Gasteiger partial charge in [0.25, 0.3) is 0 Å². The normalized spacial score (nSPS) is 18.7. The van der Waals surface area contributed by atoms with Crippen LogP contribution in [0.5, 0.6) is 0 Å². The van der Waals surface area contributed by atoms with Crippen molar-refractivity contribution in [2.75, 3.05) is 13.1 Å². The fraction of sp³-hybridized carbons (Fsp3) is 0.333. The first-order chi connectivity index (χ1) is 9.30. The van der Waals surface area contributed by atoms with Crippen LogP contribution in [-0.2, 0) is 19.6 Å². The van der Waals surface area contributed by atoms with Crippen LogP contribution in [0.3, 0.4) is 0 Å². The van der Waals surface area contributed by atoms with Crippen LogP contribution < -0.4 is 5.32 Å². The van der Waals surface area contributed by atoms with E-state index in [1.54, 1.807) is 6.92 Å². The Morgan fingerprint density at radius 1 is 1.15 bits per heavy atom. The molecule has 2 rings (SSSR count). The molecule has 8 heteroatoms. The van der Waals surface area contributed by atoms with Crippen molar-refractivity contribution >= 4 is 21.8 Å². The number of nitrogens with zero attached hydrogens (tertiary/aromatic N) is 1. The van der Waals surface area contributed by atoms with Gasteiger partial charge in [0.1, 0.15) is 0 Å². The van der Waals surface area contributed by atoms with Crippen LogP contribution in [0.4, 0.5) is 0 Å². The van der Waals surface area contributed by atoms with Crippen LogP contribution in [0, 0.1) is 0 Å². The first-order valence-corrected chi connectivity index (χ1v) is 7.35. The fourth-order valence-electron chi connectivity index (χ4n) is 1.85. The number of piperazine rings is 1. The number of hydrogen-bond acceptors (Lipinski definition) is 5. The van der Waals surface area contributed by atoms with Gasteiger partial charge in [-0.1, -0.05) is 12.1 Å². The number of hydrogen-bond donors (Lipinski definition) is 2. The second-order valence-corrected chi connectivity index (χ2v) is 6.43. The molecule has 1 fully saturated rings. The minimum absolute atomic E-state index is 0.0237. The van der Waals surface area contributed by atoms with Crippen molar-refractivity contribution in [1.29, 1.82) is 0 Å². The van der Waals surface area contributed by atoms with Gasteiger partial charge in [-0.05, 0) is 24.6 Å². The molecule has 0 spiro atoms. The molecule has 0 radical (unpaired) electrons. The molecule has 1 unspecified atom stereocenters. The van der Waals surface area contributed by atoms with Crippen LogP contribution in [0.2, 0.25) is 0 Å². The summed E-state index contributed by atoms with van der Waals surface area (Å²) in [6.45, 7) is 0.801. The molecule has 0 bridgehead atoms. The van der Waals surface area contributed by atoms with Gasteiger partial charge >= 0.3 is 0 Å². The first kappa shape index (κ1) is 14.6. The molecule has 2 amide bonds. The summed E-state index contributed by atoms with van der Waals surface area (Å²) >= 11 is 0. The zero-order valence-electron chi connectivity index (χ0n) is 10.7. The second-order valence-electron chi connectivity index (χ2n) is 4.49. The maximum absolute atomic E-state index is 12.3.